The summed E-state index contributed by atoms with van der Waals surface area (Å²) in [5.74, 6) is 1.65. The molecule has 0 bridgehead atoms. The minimum Gasteiger partial charge on any atom is -0.342 e. The number of hydrogen-bond acceptors (Lipinski definition) is 1. The molecule has 1 heterocycles. The van der Waals surface area contributed by atoms with Gasteiger partial charge in [-0.3, -0.25) is 4.79 Å². The van der Waals surface area contributed by atoms with E-state index in [2.05, 4.69) is 25.7 Å². The van der Waals surface area contributed by atoms with Gasteiger partial charge in [0.25, 0.3) is 0 Å². The van der Waals surface area contributed by atoms with Gasteiger partial charge in [-0.2, -0.15) is 0 Å². The summed E-state index contributed by atoms with van der Waals surface area (Å²) >= 11 is 0. The van der Waals surface area contributed by atoms with Gasteiger partial charge in [0, 0.05) is 19.0 Å². The molecule has 1 saturated heterocycles. The van der Waals surface area contributed by atoms with Crippen LogP contribution in [0.4, 0.5) is 0 Å². The summed E-state index contributed by atoms with van der Waals surface area (Å²) in [6.45, 7) is 9.00. The van der Waals surface area contributed by atoms with E-state index < -0.39 is 0 Å². The molecule has 19 heavy (non-hydrogen) atoms. The van der Waals surface area contributed by atoms with Gasteiger partial charge in [0.15, 0.2) is 0 Å². The van der Waals surface area contributed by atoms with E-state index in [0.29, 0.717) is 17.2 Å². The number of hydrogen-bond donors (Lipinski definition) is 0. The second-order valence-electron chi connectivity index (χ2n) is 7.87. The summed E-state index contributed by atoms with van der Waals surface area (Å²) in [6, 6.07) is 0. The third-order valence-corrected chi connectivity index (χ3v) is 4.78. The third-order valence-electron chi connectivity index (χ3n) is 4.78. The highest BCUT2D eigenvalue weighted by Gasteiger charge is 2.30. The molecule has 2 rings (SSSR count). The molecule has 1 amide bonds. The molecule has 0 aromatic carbocycles. The second kappa shape index (κ2) is 6.28. The number of amides is 1. The molecule has 2 aliphatic rings. The van der Waals surface area contributed by atoms with Crippen molar-refractivity contribution in [1.82, 2.24) is 4.90 Å². The van der Waals surface area contributed by atoms with Crippen LogP contribution in [0.25, 0.3) is 0 Å². The summed E-state index contributed by atoms with van der Waals surface area (Å²) in [4.78, 5) is 14.6. The lowest BCUT2D eigenvalue weighted by Gasteiger charge is -2.37. The third kappa shape index (κ3) is 4.50. The molecule has 0 radical (unpaired) electrons. The lowest BCUT2D eigenvalue weighted by Crippen LogP contribution is -2.42. The molecule has 2 fully saturated rings. The second-order valence-corrected chi connectivity index (χ2v) is 7.87. The van der Waals surface area contributed by atoms with Crippen LogP contribution in [-0.4, -0.2) is 23.9 Å². The van der Waals surface area contributed by atoms with Gasteiger partial charge >= 0.3 is 0 Å². The standard InChI is InChI=1S/C17H31NO/c1-17(2,3)13-14-9-11-18(12-10-14)16(19)15-7-5-4-6-8-15/h14-15H,4-13H2,1-3H3. The quantitative estimate of drug-likeness (QED) is 0.731. The topological polar surface area (TPSA) is 20.3 Å². The lowest BCUT2D eigenvalue weighted by molar-refractivity contribution is -0.138. The Morgan fingerprint density at radius 2 is 1.58 bits per heavy atom. The van der Waals surface area contributed by atoms with Crippen molar-refractivity contribution in [2.24, 2.45) is 17.3 Å². The highest BCUT2D eigenvalue weighted by molar-refractivity contribution is 5.79. The van der Waals surface area contributed by atoms with Gasteiger partial charge in [-0.15, -0.1) is 0 Å². The highest BCUT2D eigenvalue weighted by atomic mass is 16.2. The SMILES string of the molecule is CC(C)(C)CC1CCN(C(=O)C2CCCCC2)CC1. The van der Waals surface area contributed by atoms with Gasteiger partial charge in [-0.1, -0.05) is 40.0 Å². The summed E-state index contributed by atoms with van der Waals surface area (Å²) < 4.78 is 0. The fourth-order valence-corrected chi connectivity index (χ4v) is 3.83. The van der Waals surface area contributed by atoms with E-state index in [0.717, 1.165) is 31.8 Å². The van der Waals surface area contributed by atoms with E-state index in [1.165, 1.54) is 38.5 Å². The molecule has 0 N–H and O–H groups in total. The number of carbonyl (C=O) groups excluding carboxylic acids is 1. The molecular formula is C17H31NO. The van der Waals surface area contributed by atoms with Crippen molar-refractivity contribution in [1.29, 1.82) is 0 Å². The van der Waals surface area contributed by atoms with Crippen LogP contribution in [0.5, 0.6) is 0 Å². The molecule has 0 aromatic rings. The molecule has 0 aromatic heterocycles. The van der Waals surface area contributed by atoms with E-state index in [1.54, 1.807) is 0 Å². The van der Waals surface area contributed by atoms with Crippen LogP contribution in [-0.2, 0) is 4.79 Å². The lowest BCUT2D eigenvalue weighted by atomic mass is 9.80. The van der Waals surface area contributed by atoms with Crippen LogP contribution in [0.15, 0.2) is 0 Å². The fraction of sp³-hybridized carbons (Fsp3) is 0.941. The molecule has 1 saturated carbocycles. The Kier molecular flexibility index (Phi) is 4.92. The number of nitrogens with zero attached hydrogens (tertiary/aromatic N) is 1. The maximum Gasteiger partial charge on any atom is 0.225 e. The van der Waals surface area contributed by atoms with Crippen LogP contribution in [0.2, 0.25) is 0 Å². The van der Waals surface area contributed by atoms with E-state index in [1.807, 2.05) is 0 Å². The molecule has 0 unspecified atom stereocenters. The zero-order chi connectivity index (χ0) is 13.9. The van der Waals surface area contributed by atoms with Crippen molar-refractivity contribution in [3.05, 3.63) is 0 Å². The number of rotatable bonds is 2. The summed E-state index contributed by atoms with van der Waals surface area (Å²) in [6.07, 6.45) is 9.87. The maximum atomic E-state index is 12.5. The van der Waals surface area contributed by atoms with Gasteiger partial charge < -0.3 is 4.90 Å². The minimum atomic E-state index is 0.355. The first-order chi connectivity index (χ1) is 8.96. The first kappa shape index (κ1) is 14.9. The average molecular weight is 265 g/mol. The Labute approximate surface area is 118 Å². The zero-order valence-corrected chi connectivity index (χ0v) is 13.1. The van der Waals surface area contributed by atoms with Gasteiger partial charge in [-0.05, 0) is 43.4 Å². The van der Waals surface area contributed by atoms with E-state index in [-0.39, 0.29) is 0 Å². The van der Waals surface area contributed by atoms with Gasteiger partial charge in [0.2, 0.25) is 5.91 Å². The Hall–Kier alpha value is -0.530. The predicted molar refractivity (Wildman–Crippen MR) is 80.0 cm³/mol. The van der Waals surface area contributed by atoms with Crippen molar-refractivity contribution in [3.8, 4) is 0 Å². The molecule has 1 aliphatic heterocycles. The van der Waals surface area contributed by atoms with Crippen molar-refractivity contribution in [2.75, 3.05) is 13.1 Å². The minimum absolute atomic E-state index is 0.355. The van der Waals surface area contributed by atoms with Crippen molar-refractivity contribution >= 4 is 5.91 Å². The molecule has 0 atom stereocenters. The number of likely N-dealkylation sites (tertiary alicyclic amines) is 1. The monoisotopic (exact) mass is 265 g/mol. The molecule has 2 heteroatoms. The van der Waals surface area contributed by atoms with E-state index in [9.17, 15) is 4.79 Å². The van der Waals surface area contributed by atoms with Crippen LogP contribution < -0.4 is 0 Å². The molecule has 1 aliphatic carbocycles. The van der Waals surface area contributed by atoms with Gasteiger partial charge in [0.1, 0.15) is 0 Å². The Morgan fingerprint density at radius 1 is 1.00 bits per heavy atom. The van der Waals surface area contributed by atoms with Crippen LogP contribution in [0.1, 0.15) is 72.1 Å². The molecule has 110 valence electrons. The van der Waals surface area contributed by atoms with Gasteiger partial charge in [-0.25, -0.2) is 0 Å². The predicted octanol–water partition coefficient (Wildman–Crippen LogP) is 4.24. The Bertz CT molecular complexity index is 291. The van der Waals surface area contributed by atoms with Crippen molar-refractivity contribution < 1.29 is 4.79 Å². The number of piperidine rings is 1. The Balaban J connectivity index is 1.77. The van der Waals surface area contributed by atoms with Crippen LogP contribution in [0, 0.1) is 17.3 Å². The van der Waals surface area contributed by atoms with Gasteiger partial charge in [0.05, 0.1) is 0 Å². The van der Waals surface area contributed by atoms with E-state index in [4.69, 9.17) is 0 Å². The Morgan fingerprint density at radius 3 is 2.11 bits per heavy atom. The van der Waals surface area contributed by atoms with Crippen molar-refractivity contribution in [2.45, 2.75) is 72.1 Å². The van der Waals surface area contributed by atoms with Crippen molar-refractivity contribution in [3.63, 3.8) is 0 Å². The first-order valence-electron chi connectivity index (χ1n) is 8.24. The van der Waals surface area contributed by atoms with E-state index >= 15 is 0 Å². The molecule has 2 nitrogen and oxygen atoms in total. The smallest absolute Gasteiger partial charge is 0.225 e. The normalized spacial score (nSPS) is 23.6. The fourth-order valence-electron chi connectivity index (χ4n) is 3.83. The summed E-state index contributed by atoms with van der Waals surface area (Å²) in [5.41, 5.74) is 0.431. The highest BCUT2D eigenvalue weighted by Crippen LogP contribution is 2.32. The maximum absolute atomic E-state index is 12.5. The molecule has 0 spiro atoms. The number of carbonyl (C=O) groups is 1. The summed E-state index contributed by atoms with van der Waals surface area (Å²) in [5, 5.41) is 0. The average Bonchev–Trinajstić information content (AvgIpc) is 2.38. The first-order valence-corrected chi connectivity index (χ1v) is 8.24. The molecular weight excluding hydrogens is 234 g/mol. The summed E-state index contributed by atoms with van der Waals surface area (Å²) in [7, 11) is 0. The zero-order valence-electron chi connectivity index (χ0n) is 13.1. The van der Waals surface area contributed by atoms with Crippen LogP contribution in [0.3, 0.4) is 0 Å². The largest absolute Gasteiger partial charge is 0.342 e. The van der Waals surface area contributed by atoms with Crippen LogP contribution >= 0.6 is 0 Å².